The standard InChI is InChI=1S/C15H20N4OS/c1-3-12-9-21-14(18-12)11-5-4-6-19(8-11)15(20)13-7-16-10(2)17-13/h7,9,11H,3-6,8H2,1-2H3,(H,16,17)/t11-/m0/s1. The van der Waals surface area contributed by atoms with E-state index in [1.165, 1.54) is 5.01 Å². The predicted molar refractivity (Wildman–Crippen MR) is 82.7 cm³/mol. The molecule has 5 nitrogen and oxygen atoms in total. The minimum absolute atomic E-state index is 0.0487. The summed E-state index contributed by atoms with van der Waals surface area (Å²) in [6, 6.07) is 0. The zero-order valence-electron chi connectivity index (χ0n) is 12.4. The molecule has 2 aromatic heterocycles. The molecule has 1 atom stereocenters. The number of likely N-dealkylation sites (tertiary alicyclic amines) is 1. The Hall–Kier alpha value is -1.69. The molecule has 1 fully saturated rings. The number of aromatic nitrogens is 3. The van der Waals surface area contributed by atoms with E-state index in [-0.39, 0.29) is 5.91 Å². The zero-order valence-corrected chi connectivity index (χ0v) is 13.2. The van der Waals surface area contributed by atoms with E-state index in [1.54, 1.807) is 17.5 Å². The molecule has 0 spiro atoms. The van der Waals surface area contributed by atoms with Crippen molar-refractivity contribution < 1.29 is 4.79 Å². The van der Waals surface area contributed by atoms with Gasteiger partial charge in [0.1, 0.15) is 11.5 Å². The third kappa shape index (κ3) is 3.00. The number of carbonyl (C=O) groups is 1. The van der Waals surface area contributed by atoms with Gasteiger partial charge in [-0.25, -0.2) is 9.97 Å². The van der Waals surface area contributed by atoms with Gasteiger partial charge in [-0.1, -0.05) is 6.92 Å². The van der Waals surface area contributed by atoms with Crippen LogP contribution in [0.25, 0.3) is 0 Å². The molecule has 1 aliphatic rings. The SMILES string of the molecule is CCc1csc([C@H]2CCCN(C(=O)c3cnc(C)[nH]3)C2)n1. The number of hydrogen-bond donors (Lipinski definition) is 1. The zero-order chi connectivity index (χ0) is 14.8. The van der Waals surface area contributed by atoms with Gasteiger partial charge in [-0.2, -0.15) is 0 Å². The molecule has 112 valence electrons. The van der Waals surface area contributed by atoms with Crippen molar-refractivity contribution in [2.75, 3.05) is 13.1 Å². The Kier molecular flexibility index (Phi) is 4.05. The number of rotatable bonds is 3. The summed E-state index contributed by atoms with van der Waals surface area (Å²) in [5.74, 6) is 1.20. The van der Waals surface area contributed by atoms with E-state index >= 15 is 0 Å². The second-order valence-corrected chi connectivity index (χ2v) is 6.39. The summed E-state index contributed by atoms with van der Waals surface area (Å²) in [5, 5.41) is 3.30. The second kappa shape index (κ2) is 5.97. The summed E-state index contributed by atoms with van der Waals surface area (Å²) in [6.45, 7) is 5.56. The fourth-order valence-corrected chi connectivity index (χ4v) is 3.77. The lowest BCUT2D eigenvalue weighted by Crippen LogP contribution is -2.39. The van der Waals surface area contributed by atoms with Gasteiger partial charge in [-0.3, -0.25) is 4.79 Å². The maximum Gasteiger partial charge on any atom is 0.271 e. The molecule has 0 saturated carbocycles. The maximum atomic E-state index is 12.5. The van der Waals surface area contributed by atoms with Gasteiger partial charge >= 0.3 is 0 Å². The number of hydrogen-bond acceptors (Lipinski definition) is 4. The van der Waals surface area contributed by atoms with Crippen LogP contribution in [-0.2, 0) is 6.42 Å². The van der Waals surface area contributed by atoms with Crippen molar-refractivity contribution in [2.24, 2.45) is 0 Å². The summed E-state index contributed by atoms with van der Waals surface area (Å²) in [6.07, 6.45) is 4.74. The third-order valence-corrected chi connectivity index (χ3v) is 4.98. The van der Waals surface area contributed by atoms with Crippen LogP contribution in [0.15, 0.2) is 11.6 Å². The first-order valence-corrected chi connectivity index (χ1v) is 8.30. The van der Waals surface area contributed by atoms with Crippen LogP contribution < -0.4 is 0 Å². The third-order valence-electron chi connectivity index (χ3n) is 3.92. The van der Waals surface area contributed by atoms with E-state index in [1.807, 2.05) is 11.8 Å². The molecule has 3 rings (SSSR count). The van der Waals surface area contributed by atoms with Crippen LogP contribution in [0.4, 0.5) is 0 Å². The number of imidazole rings is 1. The Bertz CT molecular complexity index is 633. The van der Waals surface area contributed by atoms with Crippen LogP contribution in [0.5, 0.6) is 0 Å². The van der Waals surface area contributed by atoms with Gasteiger partial charge in [-0.15, -0.1) is 11.3 Å². The van der Waals surface area contributed by atoms with E-state index < -0.39 is 0 Å². The maximum absolute atomic E-state index is 12.5. The summed E-state index contributed by atoms with van der Waals surface area (Å²) in [4.78, 5) is 26.2. The molecule has 6 heteroatoms. The number of carbonyl (C=O) groups excluding carboxylic acids is 1. The predicted octanol–water partition coefficient (Wildman–Crippen LogP) is 2.76. The highest BCUT2D eigenvalue weighted by Gasteiger charge is 2.27. The van der Waals surface area contributed by atoms with E-state index in [4.69, 9.17) is 0 Å². The number of piperidine rings is 1. The summed E-state index contributed by atoms with van der Waals surface area (Å²) in [5.41, 5.74) is 1.74. The topological polar surface area (TPSA) is 61.9 Å². The highest BCUT2D eigenvalue weighted by atomic mass is 32.1. The summed E-state index contributed by atoms with van der Waals surface area (Å²) in [7, 11) is 0. The van der Waals surface area contributed by atoms with E-state index in [9.17, 15) is 4.79 Å². The van der Waals surface area contributed by atoms with Crippen molar-refractivity contribution >= 4 is 17.2 Å². The Morgan fingerprint density at radius 2 is 2.43 bits per heavy atom. The minimum atomic E-state index is 0.0487. The van der Waals surface area contributed by atoms with E-state index in [2.05, 4.69) is 27.3 Å². The first-order chi connectivity index (χ1) is 10.2. The average Bonchev–Trinajstić information content (AvgIpc) is 3.15. The molecule has 3 heterocycles. The Morgan fingerprint density at radius 1 is 1.57 bits per heavy atom. The van der Waals surface area contributed by atoms with Crippen molar-refractivity contribution in [1.29, 1.82) is 0 Å². The number of aryl methyl sites for hydroxylation is 2. The Labute approximate surface area is 128 Å². The fourth-order valence-electron chi connectivity index (χ4n) is 2.74. The Morgan fingerprint density at radius 3 is 3.10 bits per heavy atom. The molecule has 1 saturated heterocycles. The molecule has 0 radical (unpaired) electrons. The summed E-state index contributed by atoms with van der Waals surface area (Å²) >= 11 is 1.73. The molecule has 0 unspecified atom stereocenters. The van der Waals surface area contributed by atoms with Crippen molar-refractivity contribution in [3.63, 3.8) is 0 Å². The van der Waals surface area contributed by atoms with Crippen LogP contribution in [0.3, 0.4) is 0 Å². The largest absolute Gasteiger partial charge is 0.338 e. The van der Waals surface area contributed by atoms with Gasteiger partial charge in [-0.05, 0) is 26.2 Å². The van der Waals surface area contributed by atoms with Crippen LogP contribution >= 0.6 is 11.3 Å². The molecule has 0 aromatic carbocycles. The van der Waals surface area contributed by atoms with Crippen molar-refractivity contribution in [3.8, 4) is 0 Å². The lowest BCUT2D eigenvalue weighted by Gasteiger charge is -2.31. The van der Waals surface area contributed by atoms with Gasteiger partial charge in [0.2, 0.25) is 0 Å². The molecule has 1 amide bonds. The van der Waals surface area contributed by atoms with Crippen LogP contribution in [0.2, 0.25) is 0 Å². The smallest absolute Gasteiger partial charge is 0.271 e. The average molecular weight is 304 g/mol. The number of amides is 1. The molecule has 1 aliphatic heterocycles. The summed E-state index contributed by atoms with van der Waals surface area (Å²) < 4.78 is 0. The number of aromatic amines is 1. The minimum Gasteiger partial charge on any atom is -0.338 e. The molecular weight excluding hydrogens is 284 g/mol. The van der Waals surface area contributed by atoms with Crippen molar-refractivity contribution in [2.45, 2.75) is 39.0 Å². The monoisotopic (exact) mass is 304 g/mol. The quantitative estimate of drug-likeness (QED) is 0.948. The van der Waals surface area contributed by atoms with Gasteiger partial charge in [0, 0.05) is 24.4 Å². The normalized spacial score (nSPS) is 19.0. The van der Waals surface area contributed by atoms with Gasteiger partial charge in [0.25, 0.3) is 5.91 Å². The molecule has 0 bridgehead atoms. The molecule has 2 aromatic rings. The molecule has 21 heavy (non-hydrogen) atoms. The molecule has 1 N–H and O–H groups in total. The number of thiazole rings is 1. The van der Waals surface area contributed by atoms with Crippen molar-refractivity contribution in [1.82, 2.24) is 19.9 Å². The van der Waals surface area contributed by atoms with E-state index in [0.717, 1.165) is 43.9 Å². The number of H-pyrrole nitrogens is 1. The highest BCUT2D eigenvalue weighted by molar-refractivity contribution is 7.09. The fraction of sp³-hybridized carbons (Fsp3) is 0.533. The first kappa shape index (κ1) is 14.3. The van der Waals surface area contributed by atoms with E-state index in [0.29, 0.717) is 11.6 Å². The number of nitrogens with zero attached hydrogens (tertiary/aromatic N) is 3. The first-order valence-electron chi connectivity index (χ1n) is 7.42. The van der Waals surface area contributed by atoms with Crippen LogP contribution in [-0.4, -0.2) is 38.8 Å². The highest BCUT2D eigenvalue weighted by Crippen LogP contribution is 2.29. The van der Waals surface area contributed by atoms with Gasteiger partial charge < -0.3 is 9.88 Å². The molecular formula is C15H20N4OS. The van der Waals surface area contributed by atoms with Crippen LogP contribution in [0, 0.1) is 6.92 Å². The lowest BCUT2D eigenvalue weighted by molar-refractivity contribution is 0.0701. The van der Waals surface area contributed by atoms with Gasteiger partial charge in [0.05, 0.1) is 16.9 Å². The Balaban J connectivity index is 1.72. The second-order valence-electron chi connectivity index (χ2n) is 5.50. The lowest BCUT2D eigenvalue weighted by atomic mass is 9.98. The molecule has 0 aliphatic carbocycles. The van der Waals surface area contributed by atoms with Gasteiger partial charge in [0.15, 0.2) is 0 Å². The van der Waals surface area contributed by atoms with Crippen molar-refractivity contribution in [3.05, 3.63) is 33.8 Å². The number of nitrogens with one attached hydrogen (secondary N) is 1. The van der Waals surface area contributed by atoms with Crippen LogP contribution in [0.1, 0.15) is 52.7 Å².